The molecule has 2 heteroatoms. The Morgan fingerprint density at radius 1 is 1.00 bits per heavy atom. The van der Waals surface area contributed by atoms with Crippen LogP contribution in [0.4, 0.5) is 0 Å². The molecule has 1 atom stereocenters. The zero-order chi connectivity index (χ0) is 13.9. The Kier molecular flexibility index (Phi) is 3.75. The first kappa shape index (κ1) is 13.2. The fourth-order valence-electron chi connectivity index (χ4n) is 3.02. The molecule has 1 N–H and O–H groups in total. The molecule has 0 bridgehead atoms. The third-order valence-electron chi connectivity index (χ3n) is 4.15. The molecular weight excluding hydrogens is 246 g/mol. The zero-order valence-corrected chi connectivity index (χ0v) is 12.1. The van der Waals surface area contributed by atoms with Gasteiger partial charge in [0.15, 0.2) is 0 Å². The maximum Gasteiger partial charge on any atom is 0.118 e. The van der Waals surface area contributed by atoms with Crippen molar-refractivity contribution in [2.75, 3.05) is 7.11 Å². The van der Waals surface area contributed by atoms with E-state index < -0.39 is 0 Å². The first-order valence-electron chi connectivity index (χ1n) is 7.23. The minimum Gasteiger partial charge on any atom is -0.497 e. The van der Waals surface area contributed by atoms with Crippen LogP contribution in [-0.4, -0.2) is 13.2 Å². The van der Waals surface area contributed by atoms with Gasteiger partial charge in [0.05, 0.1) is 7.11 Å². The number of methoxy groups -OCH3 is 1. The van der Waals surface area contributed by atoms with Gasteiger partial charge in [-0.25, -0.2) is 0 Å². The lowest BCUT2D eigenvalue weighted by Gasteiger charge is -2.19. The third kappa shape index (κ3) is 2.70. The molecule has 104 valence electrons. The fourth-order valence-corrected chi connectivity index (χ4v) is 3.02. The van der Waals surface area contributed by atoms with Crippen LogP contribution < -0.4 is 10.1 Å². The van der Waals surface area contributed by atoms with Gasteiger partial charge in [-0.05, 0) is 48.6 Å². The number of rotatable bonds is 4. The Hall–Kier alpha value is -1.80. The summed E-state index contributed by atoms with van der Waals surface area (Å²) in [5, 5.41) is 3.74. The van der Waals surface area contributed by atoms with Crippen LogP contribution in [-0.2, 0) is 12.8 Å². The van der Waals surface area contributed by atoms with Crippen LogP contribution in [0.3, 0.4) is 0 Å². The van der Waals surface area contributed by atoms with E-state index in [9.17, 15) is 0 Å². The Morgan fingerprint density at radius 2 is 1.60 bits per heavy atom. The number of fused-ring (bicyclic) bond motifs is 1. The van der Waals surface area contributed by atoms with Gasteiger partial charge < -0.3 is 10.1 Å². The summed E-state index contributed by atoms with van der Waals surface area (Å²) in [6.45, 7) is 2.23. The molecule has 20 heavy (non-hydrogen) atoms. The van der Waals surface area contributed by atoms with Crippen LogP contribution in [0.2, 0.25) is 0 Å². The number of nitrogens with one attached hydrogen (secondary N) is 1. The molecule has 0 fully saturated rings. The summed E-state index contributed by atoms with van der Waals surface area (Å²) in [4.78, 5) is 0. The highest BCUT2D eigenvalue weighted by Crippen LogP contribution is 2.24. The first-order chi connectivity index (χ1) is 9.76. The minimum atomic E-state index is 0.361. The molecule has 2 aromatic carbocycles. The quantitative estimate of drug-likeness (QED) is 0.915. The highest BCUT2D eigenvalue weighted by atomic mass is 16.5. The predicted octanol–water partition coefficient (Wildman–Crippen LogP) is 3.51. The van der Waals surface area contributed by atoms with Crippen molar-refractivity contribution in [1.29, 1.82) is 0 Å². The Morgan fingerprint density at radius 3 is 2.15 bits per heavy atom. The molecule has 2 nitrogen and oxygen atoms in total. The second-order valence-corrected chi connectivity index (χ2v) is 5.54. The number of hydrogen-bond acceptors (Lipinski definition) is 2. The van der Waals surface area contributed by atoms with Crippen molar-refractivity contribution in [2.24, 2.45) is 0 Å². The fraction of sp³-hybridized carbons (Fsp3) is 0.333. The van der Waals surface area contributed by atoms with Gasteiger partial charge in [0.25, 0.3) is 0 Å². The first-order valence-corrected chi connectivity index (χ1v) is 7.23. The lowest BCUT2D eigenvalue weighted by molar-refractivity contribution is 0.414. The lowest BCUT2D eigenvalue weighted by Crippen LogP contribution is -2.32. The summed E-state index contributed by atoms with van der Waals surface area (Å²) in [6, 6.07) is 18.0. The number of ether oxygens (including phenoxy) is 1. The summed E-state index contributed by atoms with van der Waals surface area (Å²) < 4.78 is 5.20. The second kappa shape index (κ2) is 5.68. The maximum absolute atomic E-state index is 5.20. The molecule has 0 saturated heterocycles. The molecule has 0 heterocycles. The molecule has 1 aliphatic rings. The van der Waals surface area contributed by atoms with Crippen molar-refractivity contribution >= 4 is 0 Å². The topological polar surface area (TPSA) is 21.3 Å². The summed E-state index contributed by atoms with van der Waals surface area (Å²) in [6.07, 6.45) is 2.27. The summed E-state index contributed by atoms with van der Waals surface area (Å²) >= 11 is 0. The van der Waals surface area contributed by atoms with Gasteiger partial charge in [0.2, 0.25) is 0 Å². The standard InChI is InChI=1S/C18H21NO/c1-13(14-7-9-18(20-2)10-8-14)19-17-11-15-5-3-4-6-16(15)12-17/h3-10,13,17,19H,11-12H2,1-2H3. The highest BCUT2D eigenvalue weighted by molar-refractivity contribution is 5.34. The van der Waals surface area contributed by atoms with Crippen LogP contribution in [0.25, 0.3) is 0 Å². The van der Waals surface area contributed by atoms with E-state index in [2.05, 4.69) is 48.6 Å². The van der Waals surface area contributed by atoms with E-state index in [1.807, 2.05) is 12.1 Å². The van der Waals surface area contributed by atoms with Gasteiger partial charge in [0, 0.05) is 12.1 Å². The number of hydrogen-bond donors (Lipinski definition) is 1. The van der Waals surface area contributed by atoms with Crippen molar-refractivity contribution < 1.29 is 4.74 Å². The van der Waals surface area contributed by atoms with Crippen molar-refractivity contribution in [1.82, 2.24) is 5.32 Å². The normalized spacial score (nSPS) is 15.9. The Bertz CT molecular complexity index is 551. The minimum absolute atomic E-state index is 0.361. The van der Waals surface area contributed by atoms with Gasteiger partial charge in [-0.3, -0.25) is 0 Å². The summed E-state index contributed by atoms with van der Waals surface area (Å²) in [7, 11) is 1.70. The SMILES string of the molecule is COc1ccc(C(C)NC2Cc3ccccc3C2)cc1. The van der Waals surface area contributed by atoms with Gasteiger partial charge in [-0.1, -0.05) is 36.4 Å². The Labute approximate surface area is 120 Å². The average molecular weight is 267 g/mol. The molecule has 0 spiro atoms. The molecule has 3 rings (SSSR count). The van der Waals surface area contributed by atoms with Crippen LogP contribution in [0, 0.1) is 0 Å². The van der Waals surface area contributed by atoms with Crippen LogP contribution in [0.1, 0.15) is 29.7 Å². The maximum atomic E-state index is 5.20. The van der Waals surface area contributed by atoms with E-state index in [4.69, 9.17) is 4.74 Å². The van der Waals surface area contributed by atoms with E-state index >= 15 is 0 Å². The van der Waals surface area contributed by atoms with Crippen molar-refractivity contribution in [2.45, 2.75) is 31.8 Å². The van der Waals surface area contributed by atoms with E-state index in [0.717, 1.165) is 18.6 Å². The van der Waals surface area contributed by atoms with E-state index in [1.54, 1.807) is 7.11 Å². The van der Waals surface area contributed by atoms with E-state index in [1.165, 1.54) is 16.7 Å². The summed E-state index contributed by atoms with van der Waals surface area (Å²) in [5.41, 5.74) is 4.29. The van der Waals surface area contributed by atoms with Crippen molar-refractivity contribution in [3.8, 4) is 5.75 Å². The monoisotopic (exact) mass is 267 g/mol. The zero-order valence-electron chi connectivity index (χ0n) is 12.1. The second-order valence-electron chi connectivity index (χ2n) is 5.54. The highest BCUT2D eigenvalue weighted by Gasteiger charge is 2.22. The molecule has 0 saturated carbocycles. The molecule has 0 radical (unpaired) electrons. The molecule has 0 amide bonds. The third-order valence-corrected chi connectivity index (χ3v) is 4.15. The largest absolute Gasteiger partial charge is 0.497 e. The molecular formula is C18H21NO. The van der Waals surface area contributed by atoms with Gasteiger partial charge >= 0.3 is 0 Å². The smallest absolute Gasteiger partial charge is 0.118 e. The molecule has 2 aromatic rings. The van der Waals surface area contributed by atoms with Crippen LogP contribution in [0.5, 0.6) is 5.75 Å². The van der Waals surface area contributed by atoms with Crippen LogP contribution >= 0.6 is 0 Å². The van der Waals surface area contributed by atoms with E-state index in [0.29, 0.717) is 12.1 Å². The van der Waals surface area contributed by atoms with Gasteiger partial charge in [0.1, 0.15) is 5.75 Å². The lowest BCUT2D eigenvalue weighted by atomic mass is 10.1. The van der Waals surface area contributed by atoms with Crippen LogP contribution in [0.15, 0.2) is 48.5 Å². The van der Waals surface area contributed by atoms with Gasteiger partial charge in [-0.2, -0.15) is 0 Å². The molecule has 0 aliphatic heterocycles. The summed E-state index contributed by atoms with van der Waals surface area (Å²) in [5.74, 6) is 0.911. The molecule has 1 aliphatic carbocycles. The van der Waals surface area contributed by atoms with E-state index in [-0.39, 0.29) is 0 Å². The Balaban J connectivity index is 1.64. The molecule has 1 unspecified atom stereocenters. The number of benzene rings is 2. The molecule has 0 aromatic heterocycles. The van der Waals surface area contributed by atoms with Crippen molar-refractivity contribution in [3.05, 3.63) is 65.2 Å². The van der Waals surface area contributed by atoms with Crippen molar-refractivity contribution in [3.63, 3.8) is 0 Å². The van der Waals surface area contributed by atoms with Gasteiger partial charge in [-0.15, -0.1) is 0 Å². The average Bonchev–Trinajstić information content (AvgIpc) is 2.89. The predicted molar refractivity (Wildman–Crippen MR) is 82.2 cm³/mol.